The molecule has 3 aromatic rings. The molecule has 0 spiro atoms. The normalized spacial score (nSPS) is 11.0. The Bertz CT molecular complexity index is 913. The molecule has 0 saturated carbocycles. The van der Waals surface area contributed by atoms with E-state index >= 15 is 0 Å². The van der Waals surface area contributed by atoms with Gasteiger partial charge in [-0.3, -0.25) is 0 Å². The fraction of sp³-hybridized carbons (Fsp3) is 0.280. The molecule has 3 heteroatoms. The van der Waals surface area contributed by atoms with Gasteiger partial charge in [0.05, 0.1) is 0 Å². The number of hydrogen-bond acceptors (Lipinski definition) is 3. The summed E-state index contributed by atoms with van der Waals surface area (Å²) in [5.41, 5.74) is 6.90. The molecule has 0 heterocycles. The summed E-state index contributed by atoms with van der Waals surface area (Å²) in [6.07, 6.45) is 2.66. The molecule has 28 heavy (non-hydrogen) atoms. The van der Waals surface area contributed by atoms with Crippen LogP contribution in [0.4, 0.5) is 0 Å². The molecule has 0 atom stereocenters. The van der Waals surface area contributed by atoms with Gasteiger partial charge in [-0.05, 0) is 80.8 Å². The van der Waals surface area contributed by atoms with Crippen LogP contribution in [0.2, 0.25) is 0 Å². The molecule has 0 bridgehead atoms. The smallest absolute Gasteiger partial charge is 0.121 e. The van der Waals surface area contributed by atoms with Crippen LogP contribution in [0.25, 0.3) is 0 Å². The van der Waals surface area contributed by atoms with Crippen molar-refractivity contribution in [3.63, 3.8) is 0 Å². The molecule has 0 amide bonds. The van der Waals surface area contributed by atoms with Crippen molar-refractivity contribution in [2.24, 2.45) is 0 Å². The highest BCUT2D eigenvalue weighted by Crippen LogP contribution is 2.29. The molecule has 3 N–H and O–H groups in total. The largest absolute Gasteiger partial charge is 0.508 e. The zero-order valence-corrected chi connectivity index (χ0v) is 16.8. The van der Waals surface area contributed by atoms with Crippen molar-refractivity contribution in [1.29, 1.82) is 0 Å². The zero-order chi connectivity index (χ0) is 20.3. The average molecular weight is 376 g/mol. The van der Waals surface area contributed by atoms with Crippen LogP contribution in [0.5, 0.6) is 17.2 Å². The van der Waals surface area contributed by atoms with Crippen LogP contribution < -0.4 is 0 Å². The predicted octanol–water partition coefficient (Wildman–Crippen LogP) is 5.30. The van der Waals surface area contributed by atoms with Gasteiger partial charge in [0.25, 0.3) is 0 Å². The second-order valence-corrected chi connectivity index (χ2v) is 7.70. The highest BCUT2D eigenvalue weighted by molar-refractivity contribution is 5.46. The van der Waals surface area contributed by atoms with Crippen molar-refractivity contribution in [2.75, 3.05) is 0 Å². The molecule has 3 rings (SSSR count). The van der Waals surface area contributed by atoms with Gasteiger partial charge in [-0.2, -0.15) is 0 Å². The maximum atomic E-state index is 10.8. The number of phenols is 3. The predicted molar refractivity (Wildman–Crippen MR) is 113 cm³/mol. The molecule has 0 unspecified atom stereocenters. The van der Waals surface area contributed by atoms with Crippen molar-refractivity contribution in [3.8, 4) is 17.2 Å². The van der Waals surface area contributed by atoms with E-state index in [0.717, 1.165) is 38.9 Å². The van der Waals surface area contributed by atoms with E-state index in [4.69, 9.17) is 0 Å². The second kappa shape index (κ2) is 8.39. The van der Waals surface area contributed by atoms with E-state index in [-0.39, 0.29) is 0 Å². The molecule has 0 radical (unpaired) electrons. The SMILES string of the molecule is Cc1ccc(O)c(CCc2cc(C)cc(CCc3cc(C)ccc3O)c2O)c1. The minimum absolute atomic E-state index is 0.299. The molecule has 0 aliphatic carbocycles. The first-order chi connectivity index (χ1) is 13.3. The van der Waals surface area contributed by atoms with Gasteiger partial charge in [-0.15, -0.1) is 0 Å². The third-order valence-electron chi connectivity index (χ3n) is 5.21. The summed E-state index contributed by atoms with van der Waals surface area (Å²) in [5, 5.41) is 30.9. The first-order valence-corrected chi connectivity index (χ1v) is 9.72. The Hall–Kier alpha value is -2.94. The summed E-state index contributed by atoms with van der Waals surface area (Å²) >= 11 is 0. The van der Waals surface area contributed by atoms with E-state index in [1.165, 1.54) is 0 Å². The van der Waals surface area contributed by atoms with E-state index in [0.29, 0.717) is 42.9 Å². The van der Waals surface area contributed by atoms with Crippen molar-refractivity contribution < 1.29 is 15.3 Å². The van der Waals surface area contributed by atoms with Crippen LogP contribution >= 0.6 is 0 Å². The Balaban J connectivity index is 1.77. The first-order valence-electron chi connectivity index (χ1n) is 9.72. The van der Waals surface area contributed by atoms with Gasteiger partial charge in [0.1, 0.15) is 17.2 Å². The molecular weight excluding hydrogens is 348 g/mol. The Morgan fingerprint density at radius 3 is 1.29 bits per heavy atom. The summed E-state index contributed by atoms with van der Waals surface area (Å²) < 4.78 is 0. The van der Waals surface area contributed by atoms with Gasteiger partial charge in [-0.1, -0.05) is 53.1 Å². The van der Waals surface area contributed by atoms with Gasteiger partial charge in [-0.25, -0.2) is 0 Å². The summed E-state index contributed by atoms with van der Waals surface area (Å²) in [6, 6.07) is 15.2. The number of hydrogen-bond donors (Lipinski definition) is 3. The van der Waals surface area contributed by atoms with Crippen LogP contribution in [-0.2, 0) is 25.7 Å². The molecular formula is C25H28O3. The highest BCUT2D eigenvalue weighted by Gasteiger charge is 2.12. The zero-order valence-electron chi connectivity index (χ0n) is 16.8. The third-order valence-corrected chi connectivity index (χ3v) is 5.21. The Morgan fingerprint density at radius 1 is 0.500 bits per heavy atom. The van der Waals surface area contributed by atoms with Crippen molar-refractivity contribution >= 4 is 0 Å². The highest BCUT2D eigenvalue weighted by atomic mass is 16.3. The monoisotopic (exact) mass is 376 g/mol. The summed E-state index contributed by atoms with van der Waals surface area (Å²) in [7, 11) is 0. The maximum absolute atomic E-state index is 10.8. The number of benzene rings is 3. The van der Waals surface area contributed by atoms with Gasteiger partial charge in [0.15, 0.2) is 0 Å². The van der Waals surface area contributed by atoms with E-state index in [1.54, 1.807) is 12.1 Å². The quantitative estimate of drug-likeness (QED) is 0.547. The lowest BCUT2D eigenvalue weighted by Crippen LogP contribution is -1.99. The summed E-state index contributed by atoms with van der Waals surface area (Å²) in [4.78, 5) is 0. The van der Waals surface area contributed by atoms with E-state index in [1.807, 2.05) is 57.2 Å². The van der Waals surface area contributed by atoms with Crippen molar-refractivity contribution in [3.05, 3.63) is 87.5 Å². The van der Waals surface area contributed by atoms with Crippen molar-refractivity contribution in [2.45, 2.75) is 46.5 Å². The van der Waals surface area contributed by atoms with Gasteiger partial charge in [0, 0.05) is 0 Å². The Labute approximate surface area is 166 Å². The topological polar surface area (TPSA) is 60.7 Å². The summed E-state index contributed by atoms with van der Waals surface area (Å²) in [6.45, 7) is 6.04. The molecule has 0 saturated heterocycles. The molecule has 146 valence electrons. The molecule has 0 fully saturated rings. The average Bonchev–Trinajstić information content (AvgIpc) is 2.65. The number of rotatable bonds is 6. The van der Waals surface area contributed by atoms with E-state index in [2.05, 4.69) is 0 Å². The van der Waals surface area contributed by atoms with Crippen molar-refractivity contribution in [1.82, 2.24) is 0 Å². The van der Waals surface area contributed by atoms with E-state index in [9.17, 15) is 15.3 Å². The van der Waals surface area contributed by atoms with Crippen LogP contribution in [0.15, 0.2) is 48.5 Å². The minimum Gasteiger partial charge on any atom is -0.508 e. The standard InChI is InChI=1S/C25H28O3/c1-16-4-10-23(26)19(12-16)6-8-21-14-18(3)15-22(25(21)28)9-7-20-13-17(2)5-11-24(20)27/h4-5,10-15,26-28H,6-9H2,1-3H3. The fourth-order valence-corrected chi connectivity index (χ4v) is 3.68. The molecule has 0 aliphatic heterocycles. The van der Waals surface area contributed by atoms with Gasteiger partial charge in [0.2, 0.25) is 0 Å². The fourth-order valence-electron chi connectivity index (χ4n) is 3.68. The Morgan fingerprint density at radius 2 is 0.857 bits per heavy atom. The lowest BCUT2D eigenvalue weighted by atomic mass is 9.94. The third kappa shape index (κ3) is 4.66. The molecule has 0 aliphatic rings. The number of aromatic hydroxyl groups is 3. The summed E-state index contributed by atoms with van der Waals surface area (Å²) in [5.74, 6) is 0.922. The number of aryl methyl sites for hydroxylation is 7. The van der Waals surface area contributed by atoms with Gasteiger partial charge >= 0.3 is 0 Å². The molecule has 0 aromatic heterocycles. The van der Waals surface area contributed by atoms with Crippen LogP contribution in [-0.4, -0.2) is 15.3 Å². The van der Waals surface area contributed by atoms with Gasteiger partial charge < -0.3 is 15.3 Å². The van der Waals surface area contributed by atoms with Crippen LogP contribution in [0, 0.1) is 20.8 Å². The molecule has 3 nitrogen and oxygen atoms in total. The second-order valence-electron chi connectivity index (χ2n) is 7.70. The Kier molecular flexibility index (Phi) is 5.93. The van der Waals surface area contributed by atoms with Crippen LogP contribution in [0.1, 0.15) is 38.9 Å². The minimum atomic E-state index is 0.299. The number of phenolic OH excluding ortho intramolecular Hbond substituents is 3. The lowest BCUT2D eigenvalue weighted by molar-refractivity contribution is 0.455. The maximum Gasteiger partial charge on any atom is 0.121 e. The van der Waals surface area contributed by atoms with E-state index < -0.39 is 0 Å². The lowest BCUT2D eigenvalue weighted by Gasteiger charge is -2.13. The first kappa shape index (κ1) is 19.8. The van der Waals surface area contributed by atoms with Crippen LogP contribution in [0.3, 0.4) is 0 Å². The molecule has 3 aromatic carbocycles.